The van der Waals surface area contributed by atoms with Gasteiger partial charge < -0.3 is 0 Å². The summed E-state index contributed by atoms with van der Waals surface area (Å²) >= 11 is 5.99. The number of halogens is 1. The molecule has 2 N–H and O–H groups in total. The fourth-order valence-corrected chi connectivity index (χ4v) is 2.83. The van der Waals surface area contributed by atoms with Gasteiger partial charge in [-0.15, -0.1) is 0 Å². The summed E-state index contributed by atoms with van der Waals surface area (Å²) in [6, 6.07) is 11.2. The Hall–Kier alpha value is -2.70. The number of hydrazine groups is 1. The zero-order valence-electron chi connectivity index (χ0n) is 14.4. The molecule has 0 unspecified atom stereocenters. The molecule has 0 aromatic heterocycles. The van der Waals surface area contributed by atoms with E-state index in [1.54, 1.807) is 37.3 Å². The van der Waals surface area contributed by atoms with Crippen LogP contribution < -0.4 is 15.8 Å². The summed E-state index contributed by atoms with van der Waals surface area (Å²) in [6.45, 7) is 3.73. The van der Waals surface area contributed by atoms with Crippen molar-refractivity contribution in [2.45, 2.75) is 26.3 Å². The van der Waals surface area contributed by atoms with E-state index in [2.05, 4.69) is 10.9 Å². The topological polar surface area (TPSA) is 78.5 Å². The molecule has 134 valence electrons. The number of aryl methyl sites for hydroxylation is 2. The molecule has 1 heterocycles. The molecule has 1 saturated heterocycles. The SMILES string of the molecule is Cc1ccc(C(=O)NN[C@@H]2CC(=O)N(c3ccc(Cl)c(C)c3)C2=O)cc1. The Kier molecular flexibility index (Phi) is 5.06. The van der Waals surface area contributed by atoms with Crippen LogP contribution in [-0.4, -0.2) is 23.8 Å². The molecule has 6 nitrogen and oxygen atoms in total. The Balaban J connectivity index is 1.67. The normalized spacial score (nSPS) is 16.9. The fraction of sp³-hybridized carbons (Fsp3) is 0.211. The van der Waals surface area contributed by atoms with Gasteiger partial charge in [0.25, 0.3) is 11.8 Å². The van der Waals surface area contributed by atoms with Crippen LogP contribution in [0.25, 0.3) is 0 Å². The van der Waals surface area contributed by atoms with E-state index >= 15 is 0 Å². The van der Waals surface area contributed by atoms with Crippen LogP contribution >= 0.6 is 11.6 Å². The molecule has 1 fully saturated rings. The van der Waals surface area contributed by atoms with Gasteiger partial charge in [0.2, 0.25) is 5.91 Å². The summed E-state index contributed by atoms with van der Waals surface area (Å²) in [7, 11) is 0. The summed E-state index contributed by atoms with van der Waals surface area (Å²) in [5.74, 6) is -1.12. The van der Waals surface area contributed by atoms with Crippen LogP contribution in [0.1, 0.15) is 27.9 Å². The highest BCUT2D eigenvalue weighted by Crippen LogP contribution is 2.26. The van der Waals surface area contributed by atoms with E-state index in [0.717, 1.165) is 16.0 Å². The van der Waals surface area contributed by atoms with E-state index < -0.39 is 11.9 Å². The van der Waals surface area contributed by atoms with Crippen molar-refractivity contribution in [1.82, 2.24) is 10.9 Å². The van der Waals surface area contributed by atoms with Gasteiger partial charge in [-0.2, -0.15) is 0 Å². The maximum Gasteiger partial charge on any atom is 0.265 e. The van der Waals surface area contributed by atoms with Crippen molar-refractivity contribution in [1.29, 1.82) is 0 Å². The number of carbonyl (C=O) groups excluding carboxylic acids is 3. The van der Waals surface area contributed by atoms with Crippen LogP contribution in [0.15, 0.2) is 42.5 Å². The molecule has 2 aromatic rings. The molecule has 2 aromatic carbocycles. The van der Waals surface area contributed by atoms with Gasteiger partial charge in [-0.1, -0.05) is 29.3 Å². The van der Waals surface area contributed by atoms with E-state index in [1.165, 1.54) is 0 Å². The minimum Gasteiger partial charge on any atom is -0.287 e. The van der Waals surface area contributed by atoms with Gasteiger partial charge in [0, 0.05) is 10.6 Å². The monoisotopic (exact) mass is 371 g/mol. The van der Waals surface area contributed by atoms with Gasteiger partial charge in [0.1, 0.15) is 6.04 Å². The van der Waals surface area contributed by atoms with Crippen molar-refractivity contribution in [3.05, 3.63) is 64.2 Å². The molecule has 0 spiro atoms. The van der Waals surface area contributed by atoms with Crippen LogP contribution in [0.4, 0.5) is 5.69 Å². The second kappa shape index (κ2) is 7.27. The lowest BCUT2D eigenvalue weighted by Crippen LogP contribution is -2.48. The molecule has 3 amide bonds. The first-order valence-electron chi connectivity index (χ1n) is 8.12. The van der Waals surface area contributed by atoms with E-state index in [-0.39, 0.29) is 18.2 Å². The molecule has 1 atom stereocenters. The average molecular weight is 372 g/mol. The van der Waals surface area contributed by atoms with Gasteiger partial charge in [-0.05, 0) is 49.7 Å². The van der Waals surface area contributed by atoms with Gasteiger partial charge in [0.15, 0.2) is 0 Å². The first kappa shape index (κ1) is 18.1. The zero-order valence-corrected chi connectivity index (χ0v) is 15.1. The van der Waals surface area contributed by atoms with Crippen molar-refractivity contribution in [2.75, 3.05) is 4.90 Å². The Morgan fingerprint density at radius 1 is 1.12 bits per heavy atom. The first-order valence-corrected chi connectivity index (χ1v) is 8.50. The number of nitrogens with zero attached hydrogens (tertiary/aromatic N) is 1. The number of benzene rings is 2. The maximum atomic E-state index is 12.6. The number of rotatable bonds is 4. The molecular formula is C19H18ClN3O3. The van der Waals surface area contributed by atoms with Gasteiger partial charge in [-0.3, -0.25) is 19.8 Å². The molecule has 7 heteroatoms. The fourth-order valence-electron chi connectivity index (χ4n) is 2.71. The summed E-state index contributed by atoms with van der Waals surface area (Å²) in [4.78, 5) is 38.1. The standard InChI is InChI=1S/C19H18ClN3O3/c1-11-3-5-13(6-4-11)18(25)22-21-16-10-17(24)23(19(16)26)14-7-8-15(20)12(2)9-14/h3-9,16,21H,10H2,1-2H3,(H,22,25)/t16-/m1/s1. The summed E-state index contributed by atoms with van der Waals surface area (Å²) < 4.78 is 0. The van der Waals surface area contributed by atoms with Crippen LogP contribution in [-0.2, 0) is 9.59 Å². The van der Waals surface area contributed by atoms with Gasteiger partial charge in [0.05, 0.1) is 12.1 Å². The van der Waals surface area contributed by atoms with Gasteiger partial charge >= 0.3 is 0 Å². The predicted molar refractivity (Wildman–Crippen MR) is 98.9 cm³/mol. The second-order valence-electron chi connectivity index (χ2n) is 6.22. The Labute approximate surface area is 156 Å². The largest absolute Gasteiger partial charge is 0.287 e. The van der Waals surface area contributed by atoms with Crippen LogP contribution in [0.2, 0.25) is 5.02 Å². The van der Waals surface area contributed by atoms with Crippen molar-refractivity contribution >= 4 is 35.0 Å². The highest BCUT2D eigenvalue weighted by molar-refractivity contribution is 6.31. The third-order valence-electron chi connectivity index (χ3n) is 4.22. The number of amides is 3. The lowest BCUT2D eigenvalue weighted by atomic mass is 10.1. The van der Waals surface area contributed by atoms with Crippen LogP contribution in [0.3, 0.4) is 0 Å². The highest BCUT2D eigenvalue weighted by Gasteiger charge is 2.39. The molecule has 26 heavy (non-hydrogen) atoms. The maximum absolute atomic E-state index is 12.6. The van der Waals surface area contributed by atoms with E-state index in [1.807, 2.05) is 19.1 Å². The molecule has 1 aliphatic heterocycles. The summed E-state index contributed by atoms with van der Waals surface area (Å²) in [5.41, 5.74) is 7.90. The molecule has 0 aliphatic carbocycles. The number of anilines is 1. The third kappa shape index (κ3) is 3.61. The molecule has 0 radical (unpaired) electrons. The first-order chi connectivity index (χ1) is 12.4. The Morgan fingerprint density at radius 2 is 1.81 bits per heavy atom. The van der Waals surface area contributed by atoms with E-state index in [0.29, 0.717) is 16.3 Å². The third-order valence-corrected chi connectivity index (χ3v) is 4.64. The molecular weight excluding hydrogens is 354 g/mol. The minimum atomic E-state index is -0.812. The Bertz CT molecular complexity index is 880. The average Bonchev–Trinajstić information content (AvgIpc) is 2.90. The van der Waals surface area contributed by atoms with Crippen LogP contribution in [0.5, 0.6) is 0 Å². The number of hydrogen-bond acceptors (Lipinski definition) is 4. The van der Waals surface area contributed by atoms with Crippen molar-refractivity contribution in [2.24, 2.45) is 0 Å². The van der Waals surface area contributed by atoms with Gasteiger partial charge in [-0.25, -0.2) is 10.3 Å². The van der Waals surface area contributed by atoms with Crippen molar-refractivity contribution in [3.8, 4) is 0 Å². The van der Waals surface area contributed by atoms with Crippen molar-refractivity contribution in [3.63, 3.8) is 0 Å². The molecule has 0 saturated carbocycles. The predicted octanol–water partition coefficient (Wildman–Crippen LogP) is 2.52. The van der Waals surface area contributed by atoms with E-state index in [4.69, 9.17) is 11.6 Å². The minimum absolute atomic E-state index is 0.0331. The number of imide groups is 1. The molecule has 1 aliphatic rings. The second-order valence-corrected chi connectivity index (χ2v) is 6.63. The molecule has 0 bridgehead atoms. The summed E-state index contributed by atoms with van der Waals surface area (Å²) in [6.07, 6.45) is -0.0331. The highest BCUT2D eigenvalue weighted by atomic mass is 35.5. The smallest absolute Gasteiger partial charge is 0.265 e. The molecule has 3 rings (SSSR count). The summed E-state index contributed by atoms with van der Waals surface area (Å²) in [5, 5.41) is 0.563. The number of hydrogen-bond donors (Lipinski definition) is 2. The quantitative estimate of drug-likeness (QED) is 0.639. The zero-order chi connectivity index (χ0) is 18.8. The number of carbonyl (C=O) groups is 3. The number of nitrogens with one attached hydrogen (secondary N) is 2. The lowest BCUT2D eigenvalue weighted by Gasteiger charge is -2.16. The Morgan fingerprint density at radius 3 is 2.46 bits per heavy atom. The van der Waals surface area contributed by atoms with Crippen LogP contribution in [0, 0.1) is 13.8 Å². The van der Waals surface area contributed by atoms with E-state index in [9.17, 15) is 14.4 Å². The lowest BCUT2D eigenvalue weighted by molar-refractivity contribution is -0.121. The van der Waals surface area contributed by atoms with Crippen molar-refractivity contribution < 1.29 is 14.4 Å².